The third-order valence-corrected chi connectivity index (χ3v) is 2.47. The Morgan fingerprint density at radius 2 is 1.88 bits per heavy atom. The van der Waals surface area contributed by atoms with Gasteiger partial charge in [0.15, 0.2) is 11.5 Å². The van der Waals surface area contributed by atoms with Crippen LogP contribution in [0.1, 0.15) is 37.8 Å². The number of phenols is 1. The highest BCUT2D eigenvalue weighted by atomic mass is 16.7. The fourth-order valence-electron chi connectivity index (χ4n) is 1.79. The third-order valence-electron chi connectivity index (χ3n) is 2.47. The molecule has 4 heteroatoms. The second kappa shape index (κ2) is 6.13. The Morgan fingerprint density at radius 1 is 1.24 bits per heavy atom. The summed E-state index contributed by atoms with van der Waals surface area (Å²) in [4.78, 5) is 10.5. The minimum atomic E-state index is -1.41. The first-order valence-corrected chi connectivity index (χ1v) is 5.84. The summed E-state index contributed by atoms with van der Waals surface area (Å²) in [5.74, 6) is -0.0268. The quantitative estimate of drug-likeness (QED) is 0.609. The molecular formula is C13H18O4. The molecule has 0 saturated heterocycles. The van der Waals surface area contributed by atoms with Crippen LogP contribution >= 0.6 is 0 Å². The second-order valence-corrected chi connectivity index (χ2v) is 3.97. The third kappa shape index (κ3) is 3.66. The smallest absolute Gasteiger partial charge is 0.504 e. The van der Waals surface area contributed by atoms with Crippen molar-refractivity contribution in [1.29, 1.82) is 0 Å². The summed E-state index contributed by atoms with van der Waals surface area (Å²) < 4.78 is 4.59. The maximum atomic E-state index is 10.5. The van der Waals surface area contributed by atoms with Crippen LogP contribution in [0, 0.1) is 0 Å². The number of ether oxygens (including phenoxy) is 1. The van der Waals surface area contributed by atoms with E-state index in [2.05, 4.69) is 4.74 Å². The summed E-state index contributed by atoms with van der Waals surface area (Å²) >= 11 is 0. The number of benzene rings is 1. The van der Waals surface area contributed by atoms with Crippen LogP contribution in [0.4, 0.5) is 4.79 Å². The number of aromatic hydroxyl groups is 1. The van der Waals surface area contributed by atoms with Gasteiger partial charge in [0.25, 0.3) is 0 Å². The molecule has 2 N–H and O–H groups in total. The van der Waals surface area contributed by atoms with Crippen molar-refractivity contribution in [1.82, 2.24) is 0 Å². The Hall–Kier alpha value is -1.71. The summed E-state index contributed by atoms with van der Waals surface area (Å²) in [6, 6.07) is 3.50. The van der Waals surface area contributed by atoms with E-state index in [9.17, 15) is 9.90 Å². The lowest BCUT2D eigenvalue weighted by Crippen LogP contribution is -2.04. The van der Waals surface area contributed by atoms with Gasteiger partial charge >= 0.3 is 6.16 Å². The van der Waals surface area contributed by atoms with Gasteiger partial charge in [-0.3, -0.25) is 0 Å². The van der Waals surface area contributed by atoms with E-state index in [1.807, 2.05) is 19.9 Å². The van der Waals surface area contributed by atoms with Crippen molar-refractivity contribution in [3.8, 4) is 11.5 Å². The molecule has 1 aromatic carbocycles. The Bertz CT molecular complexity index is 399. The van der Waals surface area contributed by atoms with E-state index in [0.717, 1.165) is 30.4 Å². The van der Waals surface area contributed by atoms with Crippen LogP contribution in [0.3, 0.4) is 0 Å². The number of hydrogen-bond acceptors (Lipinski definition) is 3. The second-order valence-electron chi connectivity index (χ2n) is 3.97. The fourth-order valence-corrected chi connectivity index (χ4v) is 1.79. The number of hydrogen-bond donors (Lipinski definition) is 2. The molecule has 1 aromatic rings. The largest absolute Gasteiger partial charge is 0.511 e. The molecular weight excluding hydrogens is 220 g/mol. The SMILES string of the molecule is CCCc1cc(CCC)c(O)c(OC(=O)O)c1. The molecule has 0 amide bonds. The molecule has 0 unspecified atom stereocenters. The van der Waals surface area contributed by atoms with E-state index in [1.165, 1.54) is 0 Å². The Kier molecular flexibility index (Phi) is 4.82. The monoisotopic (exact) mass is 238 g/mol. The van der Waals surface area contributed by atoms with Crippen LogP contribution < -0.4 is 4.74 Å². The van der Waals surface area contributed by atoms with Crippen molar-refractivity contribution < 1.29 is 19.7 Å². The predicted molar refractivity (Wildman–Crippen MR) is 64.7 cm³/mol. The molecule has 0 heterocycles. The molecule has 17 heavy (non-hydrogen) atoms. The van der Waals surface area contributed by atoms with Crippen LogP contribution in [-0.2, 0) is 12.8 Å². The van der Waals surface area contributed by atoms with E-state index in [-0.39, 0.29) is 11.5 Å². The topological polar surface area (TPSA) is 66.8 Å². The van der Waals surface area contributed by atoms with Crippen LogP contribution in [0.2, 0.25) is 0 Å². The molecule has 0 aliphatic carbocycles. The molecule has 4 nitrogen and oxygen atoms in total. The van der Waals surface area contributed by atoms with Gasteiger partial charge in [-0.05, 0) is 30.0 Å². The van der Waals surface area contributed by atoms with Gasteiger partial charge in [-0.1, -0.05) is 32.8 Å². The molecule has 0 saturated carbocycles. The molecule has 0 aliphatic rings. The fraction of sp³-hybridized carbons (Fsp3) is 0.462. The van der Waals surface area contributed by atoms with Crippen molar-refractivity contribution in [3.05, 3.63) is 23.3 Å². The van der Waals surface area contributed by atoms with Crippen molar-refractivity contribution in [3.63, 3.8) is 0 Å². The van der Waals surface area contributed by atoms with Gasteiger partial charge in [0, 0.05) is 0 Å². The summed E-state index contributed by atoms with van der Waals surface area (Å²) in [6.45, 7) is 4.05. The van der Waals surface area contributed by atoms with Crippen molar-refractivity contribution >= 4 is 6.16 Å². The molecule has 0 aliphatic heterocycles. The zero-order valence-corrected chi connectivity index (χ0v) is 10.2. The maximum absolute atomic E-state index is 10.5. The molecule has 0 bridgehead atoms. The first-order chi connectivity index (χ1) is 8.08. The number of aryl methyl sites for hydroxylation is 2. The number of phenolic OH excluding ortho intramolecular Hbond substituents is 1. The molecule has 94 valence electrons. The van der Waals surface area contributed by atoms with Gasteiger partial charge in [0.1, 0.15) is 0 Å². The van der Waals surface area contributed by atoms with E-state index in [4.69, 9.17) is 5.11 Å². The maximum Gasteiger partial charge on any atom is 0.511 e. The van der Waals surface area contributed by atoms with Gasteiger partial charge < -0.3 is 14.9 Å². The predicted octanol–water partition coefficient (Wildman–Crippen LogP) is 3.35. The van der Waals surface area contributed by atoms with Gasteiger partial charge in [0.2, 0.25) is 0 Å². The van der Waals surface area contributed by atoms with Crippen molar-refractivity contribution in [2.24, 2.45) is 0 Å². The Balaban J connectivity index is 3.12. The highest BCUT2D eigenvalue weighted by Crippen LogP contribution is 2.33. The molecule has 0 atom stereocenters. The van der Waals surface area contributed by atoms with E-state index in [0.29, 0.717) is 6.42 Å². The van der Waals surface area contributed by atoms with Crippen molar-refractivity contribution in [2.45, 2.75) is 39.5 Å². The first-order valence-electron chi connectivity index (χ1n) is 5.84. The molecule has 0 spiro atoms. The van der Waals surface area contributed by atoms with Crippen LogP contribution in [0.15, 0.2) is 12.1 Å². The standard InChI is InChI=1S/C13H18O4/c1-3-5-9-7-10(6-4-2)12(14)11(8-9)17-13(15)16/h7-8,14H,3-6H2,1-2H3,(H,15,16). The van der Waals surface area contributed by atoms with Crippen molar-refractivity contribution in [2.75, 3.05) is 0 Å². The normalized spacial score (nSPS) is 10.2. The zero-order chi connectivity index (χ0) is 12.8. The Morgan fingerprint density at radius 3 is 2.41 bits per heavy atom. The lowest BCUT2D eigenvalue weighted by Gasteiger charge is -2.11. The highest BCUT2D eigenvalue weighted by molar-refractivity contribution is 5.64. The highest BCUT2D eigenvalue weighted by Gasteiger charge is 2.13. The van der Waals surface area contributed by atoms with Gasteiger partial charge in [-0.2, -0.15) is 0 Å². The zero-order valence-electron chi connectivity index (χ0n) is 10.2. The number of carbonyl (C=O) groups is 1. The lowest BCUT2D eigenvalue weighted by atomic mass is 10.0. The van der Waals surface area contributed by atoms with Crippen LogP contribution in [0.25, 0.3) is 0 Å². The lowest BCUT2D eigenvalue weighted by molar-refractivity contribution is 0.142. The molecule has 1 rings (SSSR count). The van der Waals surface area contributed by atoms with Gasteiger partial charge in [0.05, 0.1) is 0 Å². The minimum Gasteiger partial charge on any atom is -0.504 e. The number of carboxylic acid groups (broad SMARTS) is 1. The minimum absolute atomic E-state index is 0.0342. The van der Waals surface area contributed by atoms with E-state index >= 15 is 0 Å². The summed E-state index contributed by atoms with van der Waals surface area (Å²) in [6.07, 6.45) is 1.99. The first kappa shape index (κ1) is 13.4. The van der Waals surface area contributed by atoms with E-state index in [1.54, 1.807) is 6.07 Å². The van der Waals surface area contributed by atoms with E-state index < -0.39 is 6.16 Å². The van der Waals surface area contributed by atoms with Gasteiger partial charge in [-0.15, -0.1) is 0 Å². The van der Waals surface area contributed by atoms with Crippen LogP contribution in [-0.4, -0.2) is 16.4 Å². The average Bonchev–Trinajstić information content (AvgIpc) is 2.24. The Labute approximate surface area is 101 Å². The number of rotatable bonds is 5. The molecule has 0 radical (unpaired) electrons. The summed E-state index contributed by atoms with van der Waals surface area (Å²) in [5.41, 5.74) is 1.74. The summed E-state index contributed by atoms with van der Waals surface area (Å²) in [5, 5.41) is 18.5. The summed E-state index contributed by atoms with van der Waals surface area (Å²) in [7, 11) is 0. The van der Waals surface area contributed by atoms with Gasteiger partial charge in [-0.25, -0.2) is 4.79 Å². The molecule has 0 aromatic heterocycles. The average molecular weight is 238 g/mol. The molecule has 0 fully saturated rings. The van der Waals surface area contributed by atoms with Crippen LogP contribution in [0.5, 0.6) is 11.5 Å².